The Labute approximate surface area is 111 Å². The number of carbonyl (C=O) groups excluding carboxylic acids is 1. The highest BCUT2D eigenvalue weighted by molar-refractivity contribution is 5.77. The number of rotatable bonds is 2. The van der Waals surface area contributed by atoms with E-state index in [1.165, 1.54) is 0 Å². The first-order valence-electron chi connectivity index (χ1n) is 6.45. The van der Waals surface area contributed by atoms with Crippen LogP contribution in [0.2, 0.25) is 0 Å². The fraction of sp³-hybridized carbons (Fsp3) is 0.462. The Morgan fingerprint density at radius 3 is 3.11 bits per heavy atom. The zero-order valence-corrected chi connectivity index (χ0v) is 11.1. The molecule has 100 valence electrons. The first-order chi connectivity index (χ1) is 9.13. The average Bonchev–Trinajstić information content (AvgIpc) is 2.82. The molecule has 6 nitrogen and oxygen atoms in total. The Morgan fingerprint density at radius 1 is 1.47 bits per heavy atom. The zero-order valence-electron chi connectivity index (χ0n) is 11.1. The minimum atomic E-state index is 0.216. The van der Waals surface area contributed by atoms with E-state index in [1.807, 2.05) is 26.1 Å². The predicted molar refractivity (Wildman–Crippen MR) is 72.0 cm³/mol. The molecule has 0 saturated carbocycles. The maximum atomic E-state index is 11.5. The summed E-state index contributed by atoms with van der Waals surface area (Å²) in [6.45, 7) is 2.69. The largest absolute Gasteiger partial charge is 0.365 e. The number of nitrogens with one attached hydrogen (secondary N) is 1. The molecule has 1 fully saturated rings. The van der Waals surface area contributed by atoms with Gasteiger partial charge in [0, 0.05) is 43.9 Å². The Morgan fingerprint density at radius 2 is 2.32 bits per heavy atom. The summed E-state index contributed by atoms with van der Waals surface area (Å²) >= 11 is 0. The monoisotopic (exact) mass is 259 g/mol. The van der Waals surface area contributed by atoms with Crippen molar-refractivity contribution in [2.75, 3.05) is 18.9 Å². The lowest BCUT2D eigenvalue weighted by atomic mass is 10.1. The number of hydrogen-bond acceptors (Lipinski definition) is 4. The minimum absolute atomic E-state index is 0.216. The van der Waals surface area contributed by atoms with Gasteiger partial charge in [-0.15, -0.1) is 0 Å². The molecule has 0 spiro atoms. The van der Waals surface area contributed by atoms with Crippen LogP contribution in [0.15, 0.2) is 18.3 Å². The topological polar surface area (TPSA) is 62.5 Å². The fourth-order valence-electron chi connectivity index (χ4n) is 2.48. The predicted octanol–water partition coefficient (Wildman–Crippen LogP) is 1.07. The third-order valence-electron chi connectivity index (χ3n) is 3.47. The lowest BCUT2D eigenvalue weighted by molar-refractivity contribution is -0.132. The summed E-state index contributed by atoms with van der Waals surface area (Å²) in [6.07, 6.45) is 3.19. The molecule has 2 aromatic heterocycles. The molecule has 3 rings (SSSR count). The van der Waals surface area contributed by atoms with E-state index in [9.17, 15) is 4.79 Å². The lowest BCUT2D eigenvalue weighted by Gasteiger charge is -2.30. The second-order valence-electron chi connectivity index (χ2n) is 5.04. The molecule has 0 bridgehead atoms. The quantitative estimate of drug-likeness (QED) is 0.876. The third-order valence-corrected chi connectivity index (χ3v) is 3.47. The van der Waals surface area contributed by atoms with Crippen molar-refractivity contribution >= 4 is 17.4 Å². The number of amides is 1. The van der Waals surface area contributed by atoms with Crippen LogP contribution >= 0.6 is 0 Å². The number of fused-ring (bicyclic) bond motifs is 1. The van der Waals surface area contributed by atoms with Crippen LogP contribution in [-0.2, 0) is 4.79 Å². The van der Waals surface area contributed by atoms with Crippen molar-refractivity contribution in [1.29, 1.82) is 0 Å². The molecule has 1 aliphatic heterocycles. The number of aromatic nitrogens is 3. The standard InChI is InChI=1S/C13H17N5O/c1-9-7-12(18-11(15-9)5-6-14-18)16-10-3-4-13(19)17(2)8-10/h5-7,10,16H,3-4,8H2,1-2H3/t10-/m0/s1. The fourth-order valence-corrected chi connectivity index (χ4v) is 2.48. The van der Waals surface area contributed by atoms with Crippen LogP contribution in [0, 0.1) is 6.92 Å². The van der Waals surface area contributed by atoms with Gasteiger partial charge >= 0.3 is 0 Å². The summed E-state index contributed by atoms with van der Waals surface area (Å²) < 4.78 is 1.80. The summed E-state index contributed by atoms with van der Waals surface area (Å²) in [5.74, 6) is 1.15. The van der Waals surface area contributed by atoms with E-state index in [2.05, 4.69) is 15.4 Å². The number of piperidine rings is 1. The van der Waals surface area contributed by atoms with Gasteiger partial charge in [-0.3, -0.25) is 4.79 Å². The normalized spacial score (nSPS) is 20.0. The highest BCUT2D eigenvalue weighted by Gasteiger charge is 2.23. The Balaban J connectivity index is 1.85. The second-order valence-corrected chi connectivity index (χ2v) is 5.04. The number of likely N-dealkylation sites (tertiary alicyclic amines) is 1. The van der Waals surface area contributed by atoms with Gasteiger partial charge in [-0.25, -0.2) is 4.98 Å². The number of carbonyl (C=O) groups is 1. The lowest BCUT2D eigenvalue weighted by Crippen LogP contribution is -2.43. The molecular weight excluding hydrogens is 242 g/mol. The number of likely N-dealkylation sites (N-methyl/N-ethyl adjacent to an activating group) is 1. The summed E-state index contributed by atoms with van der Waals surface area (Å²) in [6, 6.07) is 4.13. The summed E-state index contributed by atoms with van der Waals surface area (Å²) in [7, 11) is 1.84. The molecule has 1 aliphatic rings. The van der Waals surface area contributed by atoms with Gasteiger partial charge < -0.3 is 10.2 Å². The molecule has 19 heavy (non-hydrogen) atoms. The molecule has 1 N–H and O–H groups in total. The maximum absolute atomic E-state index is 11.5. The van der Waals surface area contributed by atoms with Crippen LogP contribution in [0.25, 0.3) is 5.65 Å². The Bertz CT molecular complexity index is 621. The highest BCUT2D eigenvalue weighted by Crippen LogP contribution is 2.17. The Hall–Kier alpha value is -2.11. The van der Waals surface area contributed by atoms with E-state index < -0.39 is 0 Å². The number of anilines is 1. The van der Waals surface area contributed by atoms with Crippen LogP contribution < -0.4 is 5.32 Å². The second kappa shape index (κ2) is 4.53. The van der Waals surface area contributed by atoms with E-state index in [-0.39, 0.29) is 11.9 Å². The molecule has 3 heterocycles. The van der Waals surface area contributed by atoms with Crippen molar-refractivity contribution in [3.05, 3.63) is 24.0 Å². The van der Waals surface area contributed by atoms with Crippen molar-refractivity contribution in [1.82, 2.24) is 19.5 Å². The van der Waals surface area contributed by atoms with Gasteiger partial charge in [-0.2, -0.15) is 9.61 Å². The minimum Gasteiger partial charge on any atom is -0.365 e. The molecule has 0 aromatic carbocycles. The van der Waals surface area contributed by atoms with Gasteiger partial charge in [0.25, 0.3) is 0 Å². The number of aryl methyl sites for hydroxylation is 1. The third kappa shape index (κ3) is 2.25. The van der Waals surface area contributed by atoms with E-state index in [4.69, 9.17) is 0 Å². The molecule has 6 heteroatoms. The van der Waals surface area contributed by atoms with Crippen LogP contribution in [0.4, 0.5) is 5.82 Å². The van der Waals surface area contributed by atoms with Crippen molar-refractivity contribution in [2.24, 2.45) is 0 Å². The smallest absolute Gasteiger partial charge is 0.222 e. The SMILES string of the molecule is Cc1cc(N[C@H]2CCC(=O)N(C)C2)n2nccc2n1. The number of nitrogens with zero attached hydrogens (tertiary/aromatic N) is 4. The number of hydrogen-bond donors (Lipinski definition) is 1. The van der Waals surface area contributed by atoms with Crippen LogP contribution in [0.3, 0.4) is 0 Å². The molecule has 1 atom stereocenters. The van der Waals surface area contributed by atoms with Gasteiger partial charge in [-0.1, -0.05) is 0 Å². The maximum Gasteiger partial charge on any atom is 0.222 e. The summed E-state index contributed by atoms with van der Waals surface area (Å²) in [5.41, 5.74) is 1.79. The van der Waals surface area contributed by atoms with Gasteiger partial charge in [0.1, 0.15) is 5.82 Å². The van der Waals surface area contributed by atoms with E-state index in [0.29, 0.717) is 6.42 Å². The van der Waals surface area contributed by atoms with E-state index in [0.717, 1.165) is 30.1 Å². The molecular formula is C13H17N5O. The average molecular weight is 259 g/mol. The van der Waals surface area contributed by atoms with Gasteiger partial charge in [0.15, 0.2) is 5.65 Å². The van der Waals surface area contributed by atoms with Gasteiger partial charge in [0.2, 0.25) is 5.91 Å². The highest BCUT2D eigenvalue weighted by atomic mass is 16.2. The van der Waals surface area contributed by atoms with Gasteiger partial charge in [0.05, 0.1) is 6.20 Å². The molecule has 0 aliphatic carbocycles. The van der Waals surface area contributed by atoms with Crippen molar-refractivity contribution in [3.8, 4) is 0 Å². The molecule has 0 radical (unpaired) electrons. The Kier molecular flexibility index (Phi) is 2.85. The van der Waals surface area contributed by atoms with Crippen LogP contribution in [0.5, 0.6) is 0 Å². The molecule has 1 amide bonds. The molecule has 2 aromatic rings. The summed E-state index contributed by atoms with van der Waals surface area (Å²) in [5, 5.41) is 7.74. The van der Waals surface area contributed by atoms with E-state index >= 15 is 0 Å². The zero-order chi connectivity index (χ0) is 13.4. The van der Waals surface area contributed by atoms with Crippen LogP contribution in [0.1, 0.15) is 18.5 Å². The summed E-state index contributed by atoms with van der Waals surface area (Å²) in [4.78, 5) is 17.7. The van der Waals surface area contributed by atoms with Crippen molar-refractivity contribution < 1.29 is 4.79 Å². The van der Waals surface area contributed by atoms with Gasteiger partial charge in [-0.05, 0) is 13.3 Å². The molecule has 0 unspecified atom stereocenters. The first-order valence-corrected chi connectivity index (χ1v) is 6.45. The molecule has 1 saturated heterocycles. The van der Waals surface area contributed by atoms with Crippen molar-refractivity contribution in [3.63, 3.8) is 0 Å². The first kappa shape index (κ1) is 12.0. The van der Waals surface area contributed by atoms with Crippen molar-refractivity contribution in [2.45, 2.75) is 25.8 Å². The van der Waals surface area contributed by atoms with E-state index in [1.54, 1.807) is 15.6 Å². The van der Waals surface area contributed by atoms with Crippen LogP contribution in [-0.4, -0.2) is 45.0 Å².